The molecule has 2 aliphatic heterocycles. The number of rotatable bonds is 4. The fourth-order valence-corrected chi connectivity index (χ4v) is 4.85. The van der Waals surface area contributed by atoms with E-state index in [0.29, 0.717) is 0 Å². The molecule has 166 valence electrons. The maximum atomic E-state index is 12.5. The number of hydrogen-bond donors (Lipinski definition) is 1. The molecule has 31 heavy (non-hydrogen) atoms. The zero-order valence-electron chi connectivity index (χ0n) is 17.8. The summed E-state index contributed by atoms with van der Waals surface area (Å²) in [6.45, 7) is 6.53. The van der Waals surface area contributed by atoms with Crippen LogP contribution in [0.4, 0.5) is 13.2 Å². The summed E-state index contributed by atoms with van der Waals surface area (Å²) in [6, 6.07) is 16.4. The van der Waals surface area contributed by atoms with Gasteiger partial charge in [0.05, 0.1) is 0 Å². The number of likely N-dealkylation sites (tertiary alicyclic amines) is 1. The molecule has 0 saturated carbocycles. The molecule has 2 fully saturated rings. The SMILES string of the molecule is CC1(N2CCC(=C(c3ccccc3)c3ccc(OC(F)(F)F)cc3)CC2)CCNCC1. The van der Waals surface area contributed by atoms with E-state index in [4.69, 9.17) is 0 Å². The number of hydrogen-bond acceptors (Lipinski definition) is 3. The summed E-state index contributed by atoms with van der Waals surface area (Å²) in [5.41, 5.74) is 4.78. The normalized spacial score (nSPS) is 19.8. The number of nitrogens with one attached hydrogen (secondary N) is 1. The van der Waals surface area contributed by atoms with E-state index in [-0.39, 0.29) is 11.3 Å². The molecular weight excluding hydrogens is 401 g/mol. The van der Waals surface area contributed by atoms with Crippen LogP contribution in [0, 0.1) is 0 Å². The summed E-state index contributed by atoms with van der Waals surface area (Å²) < 4.78 is 41.7. The van der Waals surface area contributed by atoms with Gasteiger partial charge in [0.15, 0.2) is 0 Å². The Kier molecular flexibility index (Phi) is 6.39. The van der Waals surface area contributed by atoms with Crippen molar-refractivity contribution >= 4 is 5.57 Å². The first-order valence-electron chi connectivity index (χ1n) is 10.9. The topological polar surface area (TPSA) is 24.5 Å². The minimum atomic E-state index is -4.68. The maximum absolute atomic E-state index is 12.5. The van der Waals surface area contributed by atoms with Crippen LogP contribution in [-0.4, -0.2) is 43.0 Å². The van der Waals surface area contributed by atoms with E-state index in [1.54, 1.807) is 12.1 Å². The molecule has 6 heteroatoms. The average molecular weight is 431 g/mol. The van der Waals surface area contributed by atoms with Gasteiger partial charge in [-0.25, -0.2) is 0 Å². The molecule has 1 N–H and O–H groups in total. The van der Waals surface area contributed by atoms with Crippen molar-refractivity contribution in [3.05, 3.63) is 71.3 Å². The molecule has 0 unspecified atom stereocenters. The van der Waals surface area contributed by atoms with Crippen LogP contribution < -0.4 is 10.1 Å². The second-order valence-electron chi connectivity index (χ2n) is 8.65. The zero-order valence-corrected chi connectivity index (χ0v) is 17.8. The Morgan fingerprint density at radius 2 is 1.48 bits per heavy atom. The summed E-state index contributed by atoms with van der Waals surface area (Å²) in [5.74, 6) is -0.192. The Balaban J connectivity index is 1.60. The highest BCUT2D eigenvalue weighted by Gasteiger charge is 2.35. The fraction of sp³-hybridized carbons (Fsp3) is 0.440. The van der Waals surface area contributed by atoms with Crippen LogP contribution in [0.3, 0.4) is 0 Å². The first-order valence-corrected chi connectivity index (χ1v) is 10.9. The lowest BCUT2D eigenvalue weighted by atomic mass is 9.84. The van der Waals surface area contributed by atoms with E-state index in [1.807, 2.05) is 18.2 Å². The van der Waals surface area contributed by atoms with Crippen molar-refractivity contribution in [2.24, 2.45) is 0 Å². The molecule has 4 rings (SSSR count). The van der Waals surface area contributed by atoms with Crippen molar-refractivity contribution in [2.45, 2.75) is 44.5 Å². The van der Waals surface area contributed by atoms with Gasteiger partial charge >= 0.3 is 6.36 Å². The van der Waals surface area contributed by atoms with Crippen molar-refractivity contribution in [3.8, 4) is 5.75 Å². The molecule has 0 aliphatic carbocycles. The lowest BCUT2D eigenvalue weighted by Gasteiger charge is -2.46. The monoisotopic (exact) mass is 430 g/mol. The smallest absolute Gasteiger partial charge is 0.406 e. The van der Waals surface area contributed by atoms with Crippen LogP contribution in [-0.2, 0) is 0 Å². The molecule has 0 spiro atoms. The first kappa shape index (κ1) is 21.9. The lowest BCUT2D eigenvalue weighted by molar-refractivity contribution is -0.274. The van der Waals surface area contributed by atoms with Crippen LogP contribution in [0.1, 0.15) is 43.7 Å². The highest BCUT2D eigenvalue weighted by molar-refractivity contribution is 5.82. The lowest BCUT2D eigenvalue weighted by Crippen LogP contribution is -2.54. The number of benzene rings is 2. The van der Waals surface area contributed by atoms with Crippen LogP contribution in [0.2, 0.25) is 0 Å². The molecule has 2 aromatic carbocycles. The molecule has 0 amide bonds. The highest BCUT2D eigenvalue weighted by atomic mass is 19.4. The van der Waals surface area contributed by atoms with E-state index in [0.717, 1.165) is 68.6 Å². The van der Waals surface area contributed by atoms with Gasteiger partial charge in [-0.3, -0.25) is 4.90 Å². The Bertz CT molecular complexity index is 891. The van der Waals surface area contributed by atoms with Crippen molar-refractivity contribution in [1.82, 2.24) is 10.2 Å². The molecule has 0 aromatic heterocycles. The Morgan fingerprint density at radius 1 is 0.903 bits per heavy atom. The number of ether oxygens (including phenoxy) is 1. The average Bonchev–Trinajstić information content (AvgIpc) is 2.76. The van der Waals surface area contributed by atoms with Crippen LogP contribution in [0.25, 0.3) is 5.57 Å². The summed E-state index contributed by atoms with van der Waals surface area (Å²) in [5, 5.41) is 3.45. The number of halogens is 3. The third-order valence-electron chi connectivity index (χ3n) is 6.60. The molecule has 0 bridgehead atoms. The number of nitrogens with zero attached hydrogens (tertiary/aromatic N) is 1. The maximum Gasteiger partial charge on any atom is 0.573 e. The Hall–Kier alpha value is -2.31. The molecule has 2 saturated heterocycles. The van der Waals surface area contributed by atoms with Gasteiger partial charge in [0, 0.05) is 18.6 Å². The molecule has 3 nitrogen and oxygen atoms in total. The molecule has 0 radical (unpaired) electrons. The van der Waals surface area contributed by atoms with Gasteiger partial charge in [-0.15, -0.1) is 13.2 Å². The quantitative estimate of drug-likeness (QED) is 0.681. The van der Waals surface area contributed by atoms with Crippen LogP contribution >= 0.6 is 0 Å². The third-order valence-corrected chi connectivity index (χ3v) is 6.60. The predicted octanol–water partition coefficient (Wildman–Crippen LogP) is 5.63. The second kappa shape index (κ2) is 9.05. The van der Waals surface area contributed by atoms with Crippen LogP contribution in [0.15, 0.2) is 60.2 Å². The molecule has 2 heterocycles. The molecule has 2 aromatic rings. The minimum absolute atomic E-state index is 0.192. The summed E-state index contributed by atoms with van der Waals surface area (Å²) in [7, 11) is 0. The predicted molar refractivity (Wildman–Crippen MR) is 117 cm³/mol. The second-order valence-corrected chi connectivity index (χ2v) is 8.65. The Morgan fingerprint density at radius 3 is 2.06 bits per heavy atom. The van der Waals surface area contributed by atoms with E-state index in [2.05, 4.69) is 34.0 Å². The molecule has 2 aliphatic rings. The van der Waals surface area contributed by atoms with Gasteiger partial charge in [0.1, 0.15) is 5.75 Å². The Labute approximate surface area is 181 Å². The van der Waals surface area contributed by atoms with Gasteiger partial charge in [-0.05, 0) is 74.5 Å². The fourth-order valence-electron chi connectivity index (χ4n) is 4.85. The van der Waals surface area contributed by atoms with Crippen molar-refractivity contribution in [2.75, 3.05) is 26.2 Å². The van der Waals surface area contributed by atoms with E-state index in [9.17, 15) is 13.2 Å². The highest BCUT2D eigenvalue weighted by Crippen LogP contribution is 2.36. The van der Waals surface area contributed by atoms with Gasteiger partial charge < -0.3 is 10.1 Å². The van der Waals surface area contributed by atoms with Gasteiger partial charge in [0.2, 0.25) is 0 Å². The minimum Gasteiger partial charge on any atom is -0.406 e. The van der Waals surface area contributed by atoms with Crippen molar-refractivity contribution in [3.63, 3.8) is 0 Å². The summed E-state index contributed by atoms with van der Waals surface area (Å²) in [4.78, 5) is 2.63. The van der Waals surface area contributed by atoms with E-state index < -0.39 is 6.36 Å². The number of piperidine rings is 2. The number of alkyl halides is 3. The van der Waals surface area contributed by atoms with Gasteiger partial charge in [0.25, 0.3) is 0 Å². The van der Waals surface area contributed by atoms with E-state index >= 15 is 0 Å². The largest absolute Gasteiger partial charge is 0.573 e. The zero-order chi connectivity index (χ0) is 21.9. The summed E-state index contributed by atoms with van der Waals surface area (Å²) >= 11 is 0. The molecular formula is C25H29F3N2O. The first-order chi connectivity index (χ1) is 14.8. The van der Waals surface area contributed by atoms with Gasteiger partial charge in [-0.1, -0.05) is 48.0 Å². The van der Waals surface area contributed by atoms with E-state index in [1.165, 1.54) is 17.7 Å². The molecule has 0 atom stereocenters. The van der Waals surface area contributed by atoms with Gasteiger partial charge in [-0.2, -0.15) is 0 Å². The van der Waals surface area contributed by atoms with Crippen molar-refractivity contribution < 1.29 is 17.9 Å². The summed E-state index contributed by atoms with van der Waals surface area (Å²) in [6.07, 6.45) is -0.418. The van der Waals surface area contributed by atoms with Crippen LogP contribution in [0.5, 0.6) is 5.75 Å². The van der Waals surface area contributed by atoms with Crippen molar-refractivity contribution in [1.29, 1.82) is 0 Å². The standard InChI is InChI=1S/C25H29F3N2O/c1-24(13-15-29-16-14-24)30-17-11-21(12-18-30)23(19-5-3-2-4-6-19)20-7-9-22(10-8-20)31-25(26,27)28/h2-10,29H,11-18H2,1H3. The third kappa shape index (κ3) is 5.31.